The Balaban J connectivity index is 2.17. The monoisotopic (exact) mass is 270 g/mol. The first kappa shape index (κ1) is 12.0. The van der Waals surface area contributed by atoms with Gasteiger partial charge in [-0.05, 0) is 30.9 Å². The van der Waals surface area contributed by atoms with Crippen molar-refractivity contribution in [3.63, 3.8) is 0 Å². The van der Waals surface area contributed by atoms with Crippen molar-refractivity contribution in [3.8, 4) is 11.4 Å². The molecule has 0 unspecified atom stereocenters. The minimum atomic E-state index is 0.549. The molecule has 0 spiro atoms. The first-order chi connectivity index (χ1) is 9.19. The number of pyridine rings is 1. The van der Waals surface area contributed by atoms with Crippen LogP contribution in [0.2, 0.25) is 0 Å². The van der Waals surface area contributed by atoms with Crippen molar-refractivity contribution in [1.29, 1.82) is 0 Å². The zero-order chi connectivity index (χ0) is 13.4. The Labute approximate surface area is 115 Å². The molecule has 3 rings (SSSR count). The summed E-state index contributed by atoms with van der Waals surface area (Å²) in [6.07, 6.45) is 2.65. The van der Waals surface area contributed by atoms with Gasteiger partial charge in [-0.2, -0.15) is 0 Å². The summed E-state index contributed by atoms with van der Waals surface area (Å²) in [6.45, 7) is 4.03. The molecule has 4 nitrogen and oxygen atoms in total. The Hall–Kier alpha value is -2.01. The van der Waals surface area contributed by atoms with E-state index in [1.807, 2.05) is 18.4 Å². The second-order valence-corrected chi connectivity index (χ2v) is 5.33. The van der Waals surface area contributed by atoms with Gasteiger partial charge in [0, 0.05) is 23.0 Å². The molecule has 3 aromatic rings. The van der Waals surface area contributed by atoms with Gasteiger partial charge in [0.1, 0.15) is 5.82 Å². The number of hydrogen-bond acceptors (Lipinski definition) is 5. The van der Waals surface area contributed by atoms with Gasteiger partial charge < -0.3 is 5.73 Å². The van der Waals surface area contributed by atoms with Crippen LogP contribution in [-0.4, -0.2) is 15.0 Å². The van der Waals surface area contributed by atoms with Crippen LogP contribution in [0, 0.1) is 6.92 Å². The predicted molar refractivity (Wildman–Crippen MR) is 79.2 cm³/mol. The Morgan fingerprint density at radius 1 is 1.32 bits per heavy atom. The van der Waals surface area contributed by atoms with Crippen molar-refractivity contribution in [1.82, 2.24) is 15.0 Å². The summed E-state index contributed by atoms with van der Waals surface area (Å²) in [5.74, 6) is 1.20. The summed E-state index contributed by atoms with van der Waals surface area (Å²) in [6, 6.07) is 4.07. The molecule has 0 fully saturated rings. The molecule has 0 radical (unpaired) electrons. The molecule has 0 atom stereocenters. The number of hydrogen-bond donors (Lipinski definition) is 1. The minimum Gasteiger partial charge on any atom is -0.383 e. The van der Waals surface area contributed by atoms with Gasteiger partial charge in [0.05, 0.1) is 10.2 Å². The van der Waals surface area contributed by atoms with Crippen LogP contribution in [0.15, 0.2) is 23.7 Å². The molecule has 0 amide bonds. The average Bonchev–Trinajstić information content (AvgIpc) is 2.89. The molecule has 0 aliphatic carbocycles. The number of fused-ring (bicyclic) bond motifs is 1. The highest BCUT2D eigenvalue weighted by molar-refractivity contribution is 7.17. The highest BCUT2D eigenvalue weighted by Gasteiger charge is 2.10. The molecule has 2 N–H and O–H groups in total. The van der Waals surface area contributed by atoms with E-state index in [1.54, 1.807) is 17.5 Å². The van der Waals surface area contributed by atoms with Gasteiger partial charge in [0.2, 0.25) is 0 Å². The van der Waals surface area contributed by atoms with E-state index in [9.17, 15) is 0 Å². The molecule has 0 saturated heterocycles. The van der Waals surface area contributed by atoms with Crippen molar-refractivity contribution in [2.75, 3.05) is 5.73 Å². The van der Waals surface area contributed by atoms with E-state index in [1.165, 1.54) is 0 Å². The molecule has 0 aliphatic heterocycles. The van der Waals surface area contributed by atoms with Crippen molar-refractivity contribution in [3.05, 3.63) is 35.0 Å². The number of nitrogens with zero attached hydrogens (tertiary/aromatic N) is 3. The fourth-order valence-corrected chi connectivity index (χ4v) is 2.80. The summed E-state index contributed by atoms with van der Waals surface area (Å²) in [7, 11) is 0. The smallest absolute Gasteiger partial charge is 0.163 e. The van der Waals surface area contributed by atoms with Crippen LogP contribution in [-0.2, 0) is 6.42 Å². The van der Waals surface area contributed by atoms with Crippen molar-refractivity contribution in [2.24, 2.45) is 0 Å². The molecule has 0 aromatic carbocycles. The summed E-state index contributed by atoms with van der Waals surface area (Å²) < 4.78 is 1.14. The molecular formula is C14H14N4S. The fraction of sp³-hybridized carbons (Fsp3) is 0.214. The second-order valence-electron chi connectivity index (χ2n) is 4.39. The van der Waals surface area contributed by atoms with Crippen molar-refractivity contribution in [2.45, 2.75) is 20.3 Å². The van der Waals surface area contributed by atoms with E-state index in [0.29, 0.717) is 11.6 Å². The summed E-state index contributed by atoms with van der Waals surface area (Å²) in [5, 5.41) is 2.03. The van der Waals surface area contributed by atoms with E-state index >= 15 is 0 Å². The lowest BCUT2D eigenvalue weighted by molar-refractivity contribution is 0.981. The molecule has 3 aromatic heterocycles. The molecule has 5 heteroatoms. The Morgan fingerprint density at radius 3 is 2.95 bits per heavy atom. The summed E-state index contributed by atoms with van der Waals surface area (Å²) in [4.78, 5) is 13.4. The highest BCUT2D eigenvalue weighted by Crippen LogP contribution is 2.25. The number of aromatic nitrogens is 3. The predicted octanol–water partition coefficient (Wildman–Crippen LogP) is 3.21. The van der Waals surface area contributed by atoms with Crippen LogP contribution in [0.3, 0.4) is 0 Å². The van der Waals surface area contributed by atoms with Gasteiger partial charge in [-0.1, -0.05) is 6.92 Å². The van der Waals surface area contributed by atoms with Crippen LogP contribution < -0.4 is 5.73 Å². The Bertz CT molecular complexity index is 748. The minimum absolute atomic E-state index is 0.549. The van der Waals surface area contributed by atoms with Gasteiger partial charge in [-0.25, -0.2) is 9.97 Å². The number of aryl methyl sites for hydroxylation is 1. The third kappa shape index (κ3) is 2.06. The number of thiophene rings is 1. The standard InChI is InChI=1S/C14H14N4S/c1-3-10-8(2)13(15)18-14(17-10)9-6-12-11(16-7-9)4-5-19-12/h4-7H,3H2,1-2H3,(H2,15,17,18). The zero-order valence-electron chi connectivity index (χ0n) is 10.8. The maximum absolute atomic E-state index is 5.96. The van der Waals surface area contributed by atoms with Crippen LogP contribution in [0.4, 0.5) is 5.82 Å². The SMILES string of the molecule is CCc1nc(-c2cnc3ccsc3c2)nc(N)c1C. The van der Waals surface area contributed by atoms with Crippen LogP contribution >= 0.6 is 11.3 Å². The van der Waals surface area contributed by atoms with Gasteiger partial charge >= 0.3 is 0 Å². The van der Waals surface area contributed by atoms with E-state index in [0.717, 1.165) is 33.5 Å². The summed E-state index contributed by atoms with van der Waals surface area (Å²) >= 11 is 1.66. The molecule has 19 heavy (non-hydrogen) atoms. The lowest BCUT2D eigenvalue weighted by Crippen LogP contribution is -2.04. The van der Waals surface area contributed by atoms with E-state index in [-0.39, 0.29) is 0 Å². The Morgan fingerprint density at radius 2 is 2.16 bits per heavy atom. The molecule has 96 valence electrons. The van der Waals surface area contributed by atoms with Crippen LogP contribution in [0.25, 0.3) is 21.6 Å². The number of rotatable bonds is 2. The lowest BCUT2D eigenvalue weighted by Gasteiger charge is -2.08. The first-order valence-electron chi connectivity index (χ1n) is 6.15. The number of nitrogen functional groups attached to an aromatic ring is 1. The van der Waals surface area contributed by atoms with Crippen LogP contribution in [0.1, 0.15) is 18.2 Å². The van der Waals surface area contributed by atoms with Gasteiger partial charge in [-0.15, -0.1) is 11.3 Å². The second kappa shape index (κ2) is 4.59. The van der Waals surface area contributed by atoms with Crippen LogP contribution in [0.5, 0.6) is 0 Å². The molecular weight excluding hydrogens is 256 g/mol. The quantitative estimate of drug-likeness (QED) is 0.776. The fourth-order valence-electron chi connectivity index (χ4n) is 2.02. The van der Waals surface area contributed by atoms with Crippen molar-refractivity contribution < 1.29 is 0 Å². The maximum atomic E-state index is 5.96. The van der Waals surface area contributed by atoms with E-state index in [2.05, 4.69) is 27.9 Å². The largest absolute Gasteiger partial charge is 0.383 e. The average molecular weight is 270 g/mol. The van der Waals surface area contributed by atoms with E-state index in [4.69, 9.17) is 5.73 Å². The normalized spacial score (nSPS) is 11.1. The van der Waals surface area contributed by atoms with Crippen molar-refractivity contribution >= 4 is 27.4 Å². The third-order valence-corrected chi connectivity index (χ3v) is 4.03. The Kier molecular flexibility index (Phi) is 2.91. The topological polar surface area (TPSA) is 64.7 Å². The highest BCUT2D eigenvalue weighted by atomic mass is 32.1. The molecule has 0 saturated carbocycles. The number of anilines is 1. The molecule has 3 heterocycles. The molecule has 0 aliphatic rings. The summed E-state index contributed by atoms with van der Waals surface area (Å²) in [5.41, 5.74) is 9.84. The third-order valence-electron chi connectivity index (χ3n) is 3.18. The zero-order valence-corrected chi connectivity index (χ0v) is 11.7. The lowest BCUT2D eigenvalue weighted by atomic mass is 10.1. The van der Waals surface area contributed by atoms with Gasteiger partial charge in [-0.3, -0.25) is 4.98 Å². The number of nitrogens with two attached hydrogens (primary N) is 1. The maximum Gasteiger partial charge on any atom is 0.163 e. The van der Waals surface area contributed by atoms with E-state index < -0.39 is 0 Å². The molecule has 0 bridgehead atoms. The first-order valence-corrected chi connectivity index (χ1v) is 7.03. The van der Waals surface area contributed by atoms with Gasteiger partial charge in [0.15, 0.2) is 5.82 Å². The van der Waals surface area contributed by atoms with Gasteiger partial charge in [0.25, 0.3) is 0 Å².